The summed E-state index contributed by atoms with van der Waals surface area (Å²) >= 11 is 0. The van der Waals surface area contributed by atoms with Crippen LogP contribution in [0.1, 0.15) is 38.5 Å². The van der Waals surface area contributed by atoms with Crippen LogP contribution in [0.5, 0.6) is 0 Å². The Labute approximate surface area is 102 Å². The Morgan fingerprint density at radius 3 is 1.59 bits per heavy atom. The summed E-state index contributed by atoms with van der Waals surface area (Å²) in [5.41, 5.74) is 11.9. The minimum Gasteiger partial charge on any atom is -0.391 e. The molecule has 0 spiro atoms. The van der Waals surface area contributed by atoms with Crippen molar-refractivity contribution in [2.45, 2.75) is 75.0 Å². The van der Waals surface area contributed by atoms with E-state index in [9.17, 15) is 10.2 Å². The van der Waals surface area contributed by atoms with Crippen LogP contribution in [0.15, 0.2) is 0 Å². The zero-order chi connectivity index (χ0) is 12.4. The van der Waals surface area contributed by atoms with Crippen LogP contribution in [0.3, 0.4) is 0 Å². The first-order valence-corrected chi connectivity index (χ1v) is 6.62. The van der Waals surface area contributed by atoms with E-state index in [0.717, 1.165) is 38.5 Å². The second-order valence-corrected chi connectivity index (χ2v) is 5.36. The number of aliphatic hydroxyl groups excluding tert-OH is 2. The van der Waals surface area contributed by atoms with Crippen molar-refractivity contribution in [2.24, 2.45) is 11.5 Å². The van der Waals surface area contributed by atoms with Gasteiger partial charge >= 0.3 is 0 Å². The molecule has 2 saturated carbocycles. The van der Waals surface area contributed by atoms with Crippen molar-refractivity contribution in [3.05, 3.63) is 0 Å². The first kappa shape index (κ1) is 13.2. The number of hydrogen-bond acceptors (Lipinski definition) is 5. The first-order chi connectivity index (χ1) is 8.09. The molecule has 0 saturated heterocycles. The number of rotatable bonds is 2. The summed E-state index contributed by atoms with van der Waals surface area (Å²) in [6.07, 6.45) is 3.92. The maximum absolute atomic E-state index is 9.71. The van der Waals surface area contributed by atoms with Crippen LogP contribution in [0.4, 0.5) is 0 Å². The fourth-order valence-electron chi connectivity index (χ4n) is 2.86. The Balaban J connectivity index is 1.90. The van der Waals surface area contributed by atoms with Gasteiger partial charge in [0.1, 0.15) is 0 Å². The van der Waals surface area contributed by atoms with Gasteiger partial charge in [-0.25, -0.2) is 0 Å². The van der Waals surface area contributed by atoms with E-state index in [2.05, 4.69) is 0 Å². The van der Waals surface area contributed by atoms with Gasteiger partial charge in [-0.2, -0.15) is 0 Å². The van der Waals surface area contributed by atoms with Crippen LogP contribution < -0.4 is 11.5 Å². The molecule has 6 N–H and O–H groups in total. The highest BCUT2D eigenvalue weighted by Crippen LogP contribution is 2.26. The van der Waals surface area contributed by atoms with Gasteiger partial charge in [-0.3, -0.25) is 0 Å². The molecule has 0 aromatic rings. The second kappa shape index (κ2) is 5.63. The zero-order valence-electron chi connectivity index (χ0n) is 10.2. The SMILES string of the molecule is NC1C(O)CCCC1OC1CCCC(O)C1N. The van der Waals surface area contributed by atoms with Crippen LogP contribution in [0, 0.1) is 0 Å². The lowest BCUT2D eigenvalue weighted by Gasteiger charge is -2.39. The average Bonchev–Trinajstić information content (AvgIpc) is 2.31. The van der Waals surface area contributed by atoms with Crippen LogP contribution in [0.25, 0.3) is 0 Å². The van der Waals surface area contributed by atoms with Gasteiger partial charge in [0.25, 0.3) is 0 Å². The average molecular weight is 244 g/mol. The summed E-state index contributed by atoms with van der Waals surface area (Å²) in [6.45, 7) is 0. The molecular weight excluding hydrogens is 220 g/mol. The maximum Gasteiger partial charge on any atom is 0.0755 e. The highest BCUT2D eigenvalue weighted by molar-refractivity contribution is 4.91. The topological polar surface area (TPSA) is 102 Å². The number of hydrogen-bond donors (Lipinski definition) is 4. The molecule has 2 rings (SSSR count). The van der Waals surface area contributed by atoms with Crippen molar-refractivity contribution in [1.82, 2.24) is 0 Å². The van der Waals surface area contributed by atoms with E-state index in [1.807, 2.05) is 0 Å². The summed E-state index contributed by atoms with van der Waals surface area (Å²) in [6, 6.07) is -0.648. The van der Waals surface area contributed by atoms with Crippen molar-refractivity contribution in [2.75, 3.05) is 0 Å². The van der Waals surface area contributed by atoms with Gasteiger partial charge in [0, 0.05) is 0 Å². The Morgan fingerprint density at radius 1 is 0.765 bits per heavy atom. The van der Waals surface area contributed by atoms with Gasteiger partial charge in [-0.1, -0.05) is 0 Å². The molecule has 17 heavy (non-hydrogen) atoms. The lowest BCUT2D eigenvalue weighted by atomic mass is 9.88. The van der Waals surface area contributed by atoms with Gasteiger partial charge in [-0.05, 0) is 38.5 Å². The van der Waals surface area contributed by atoms with Gasteiger partial charge in [0.2, 0.25) is 0 Å². The van der Waals surface area contributed by atoms with E-state index in [1.165, 1.54) is 0 Å². The van der Waals surface area contributed by atoms with Crippen LogP contribution in [-0.2, 0) is 4.74 Å². The van der Waals surface area contributed by atoms with E-state index < -0.39 is 12.2 Å². The van der Waals surface area contributed by atoms with E-state index in [1.54, 1.807) is 0 Å². The van der Waals surface area contributed by atoms with Crippen molar-refractivity contribution < 1.29 is 14.9 Å². The fourth-order valence-corrected chi connectivity index (χ4v) is 2.86. The molecule has 0 aromatic heterocycles. The Bertz CT molecular complexity index is 228. The molecule has 2 aliphatic rings. The van der Waals surface area contributed by atoms with Gasteiger partial charge in [0.05, 0.1) is 36.5 Å². The second-order valence-electron chi connectivity index (χ2n) is 5.36. The molecule has 2 fully saturated rings. The van der Waals surface area contributed by atoms with E-state index in [4.69, 9.17) is 16.2 Å². The first-order valence-electron chi connectivity index (χ1n) is 6.62. The molecule has 0 aliphatic heterocycles. The summed E-state index contributed by atoms with van der Waals surface area (Å²) < 4.78 is 5.93. The normalized spacial score (nSPS) is 48.0. The smallest absolute Gasteiger partial charge is 0.0755 e. The molecule has 0 bridgehead atoms. The monoisotopic (exact) mass is 244 g/mol. The third-order valence-electron chi connectivity index (χ3n) is 4.07. The summed E-state index contributed by atoms with van der Waals surface area (Å²) in [5, 5.41) is 19.4. The molecule has 0 aromatic carbocycles. The number of aliphatic hydroxyl groups is 2. The Hall–Kier alpha value is -0.200. The highest BCUT2D eigenvalue weighted by Gasteiger charge is 2.36. The lowest BCUT2D eigenvalue weighted by Crippen LogP contribution is -2.55. The molecule has 2 aliphatic carbocycles. The molecule has 0 heterocycles. The Morgan fingerprint density at radius 2 is 1.18 bits per heavy atom. The van der Waals surface area contributed by atoms with Crippen molar-refractivity contribution in [1.29, 1.82) is 0 Å². The zero-order valence-corrected chi connectivity index (χ0v) is 10.2. The van der Waals surface area contributed by atoms with Gasteiger partial charge < -0.3 is 26.4 Å². The van der Waals surface area contributed by atoms with E-state index in [-0.39, 0.29) is 24.3 Å². The summed E-state index contributed by atoms with van der Waals surface area (Å²) in [7, 11) is 0. The largest absolute Gasteiger partial charge is 0.391 e. The van der Waals surface area contributed by atoms with Crippen molar-refractivity contribution in [3.8, 4) is 0 Å². The highest BCUT2D eigenvalue weighted by atomic mass is 16.5. The predicted molar refractivity (Wildman–Crippen MR) is 64.3 cm³/mol. The summed E-state index contributed by atoms with van der Waals surface area (Å²) in [4.78, 5) is 0. The molecule has 6 atom stereocenters. The number of ether oxygens (including phenoxy) is 1. The van der Waals surface area contributed by atoms with Crippen molar-refractivity contribution in [3.63, 3.8) is 0 Å². The molecular formula is C12H24N2O3. The standard InChI is InChI=1S/C12H24N2O3/c13-11-7(15)3-1-5-9(11)17-10-6-2-4-8(16)12(10)14/h7-12,15-16H,1-6,13-14H2. The minimum absolute atomic E-state index is 0.125. The number of nitrogens with two attached hydrogens (primary N) is 2. The predicted octanol–water partition coefficient (Wildman–Crippen LogP) is -0.516. The van der Waals surface area contributed by atoms with Crippen LogP contribution >= 0.6 is 0 Å². The molecule has 0 radical (unpaired) electrons. The molecule has 5 nitrogen and oxygen atoms in total. The van der Waals surface area contributed by atoms with E-state index in [0.29, 0.717) is 0 Å². The minimum atomic E-state index is -0.474. The quantitative estimate of drug-likeness (QED) is 0.524. The third kappa shape index (κ3) is 2.98. The third-order valence-corrected chi connectivity index (χ3v) is 4.07. The van der Waals surface area contributed by atoms with Gasteiger partial charge in [0.15, 0.2) is 0 Å². The van der Waals surface area contributed by atoms with E-state index >= 15 is 0 Å². The lowest BCUT2D eigenvalue weighted by molar-refractivity contribution is -0.103. The summed E-state index contributed by atoms with van der Waals surface area (Å²) in [5.74, 6) is 0. The Kier molecular flexibility index (Phi) is 4.38. The van der Waals surface area contributed by atoms with Gasteiger partial charge in [-0.15, -0.1) is 0 Å². The molecule has 5 heteroatoms. The maximum atomic E-state index is 9.71. The fraction of sp³-hybridized carbons (Fsp3) is 1.00. The van der Waals surface area contributed by atoms with Crippen LogP contribution in [0.2, 0.25) is 0 Å². The van der Waals surface area contributed by atoms with Crippen LogP contribution in [-0.4, -0.2) is 46.7 Å². The van der Waals surface area contributed by atoms with Crippen molar-refractivity contribution >= 4 is 0 Å². The molecule has 0 amide bonds. The molecule has 6 unspecified atom stereocenters. The molecule has 100 valence electrons.